The van der Waals surface area contributed by atoms with Crippen LogP contribution in [0.4, 0.5) is 0 Å². The van der Waals surface area contributed by atoms with Gasteiger partial charge in [0.05, 0.1) is 0 Å². The van der Waals surface area contributed by atoms with Crippen molar-refractivity contribution in [3.8, 4) is 0 Å². The number of ether oxygens (including phenoxy) is 3. The van der Waals surface area contributed by atoms with Gasteiger partial charge in [-0.1, -0.05) is 229 Å². The van der Waals surface area contributed by atoms with Crippen molar-refractivity contribution in [1.82, 2.24) is 0 Å². The lowest BCUT2D eigenvalue weighted by Crippen LogP contribution is -2.30. The van der Waals surface area contributed by atoms with E-state index in [1.54, 1.807) is 0 Å². The minimum absolute atomic E-state index is 0.119. The molecule has 0 aliphatic heterocycles. The van der Waals surface area contributed by atoms with Gasteiger partial charge >= 0.3 is 17.9 Å². The zero-order valence-electron chi connectivity index (χ0n) is 41.3. The summed E-state index contributed by atoms with van der Waals surface area (Å²) in [6.45, 7) is 6.51. The van der Waals surface area contributed by atoms with E-state index >= 15 is 0 Å². The largest absolute Gasteiger partial charge is 0.462 e. The molecule has 0 aliphatic carbocycles. The quantitative estimate of drug-likeness (QED) is 0.0262. The predicted octanol–water partition coefficient (Wildman–Crippen LogP) is 17.4. The second kappa shape index (κ2) is 51.5. The lowest BCUT2D eigenvalue weighted by atomic mass is 10.0. The fourth-order valence-corrected chi connectivity index (χ4v) is 7.19. The third kappa shape index (κ3) is 49.7. The highest BCUT2D eigenvalue weighted by Gasteiger charge is 2.19. The summed E-state index contributed by atoms with van der Waals surface area (Å²) in [7, 11) is 0. The number of allylic oxidation sites excluding steroid dienone is 12. The van der Waals surface area contributed by atoms with Gasteiger partial charge in [-0.3, -0.25) is 14.4 Å². The van der Waals surface area contributed by atoms with E-state index in [1.807, 2.05) is 6.08 Å². The van der Waals surface area contributed by atoms with Crippen molar-refractivity contribution in [1.29, 1.82) is 0 Å². The number of esters is 3. The van der Waals surface area contributed by atoms with Gasteiger partial charge in [0.1, 0.15) is 13.2 Å². The summed E-state index contributed by atoms with van der Waals surface area (Å²) in [5.74, 6) is -1.03. The molecule has 63 heavy (non-hydrogen) atoms. The molecular formula is C57H98O6. The Morgan fingerprint density at radius 2 is 0.619 bits per heavy atom. The molecule has 0 heterocycles. The van der Waals surface area contributed by atoms with Crippen LogP contribution in [0.25, 0.3) is 0 Å². The normalized spacial score (nSPS) is 12.6. The lowest BCUT2D eigenvalue weighted by molar-refractivity contribution is -0.166. The Morgan fingerprint density at radius 3 is 1.06 bits per heavy atom. The van der Waals surface area contributed by atoms with Crippen LogP contribution in [0.15, 0.2) is 72.9 Å². The van der Waals surface area contributed by atoms with E-state index in [2.05, 4.69) is 87.6 Å². The first-order valence-corrected chi connectivity index (χ1v) is 26.4. The molecule has 1 unspecified atom stereocenters. The Morgan fingerprint density at radius 1 is 0.317 bits per heavy atom. The predicted molar refractivity (Wildman–Crippen MR) is 270 cm³/mol. The van der Waals surface area contributed by atoms with Gasteiger partial charge in [0.15, 0.2) is 6.10 Å². The molecule has 0 aromatic carbocycles. The molecule has 1 atom stereocenters. The van der Waals surface area contributed by atoms with Crippen LogP contribution in [-0.2, 0) is 28.6 Å². The maximum atomic E-state index is 12.8. The molecule has 0 aromatic rings. The molecule has 0 N–H and O–H groups in total. The van der Waals surface area contributed by atoms with Crippen LogP contribution in [0.1, 0.15) is 252 Å². The first kappa shape index (κ1) is 59.9. The zero-order valence-corrected chi connectivity index (χ0v) is 41.3. The number of unbranched alkanes of at least 4 members (excludes halogenated alkanes) is 24. The maximum absolute atomic E-state index is 12.8. The minimum Gasteiger partial charge on any atom is -0.462 e. The molecule has 0 saturated heterocycles. The van der Waals surface area contributed by atoms with Gasteiger partial charge in [-0.2, -0.15) is 0 Å². The number of hydrogen-bond donors (Lipinski definition) is 0. The Balaban J connectivity index is 4.51. The fraction of sp³-hybridized carbons (Fsp3) is 0.737. The van der Waals surface area contributed by atoms with Crippen LogP contribution in [0, 0.1) is 0 Å². The topological polar surface area (TPSA) is 78.9 Å². The first-order chi connectivity index (χ1) is 31.0. The molecule has 0 rings (SSSR count). The van der Waals surface area contributed by atoms with E-state index in [9.17, 15) is 14.4 Å². The van der Waals surface area contributed by atoms with Gasteiger partial charge in [0.2, 0.25) is 0 Å². The summed E-state index contributed by atoms with van der Waals surface area (Å²) >= 11 is 0. The highest BCUT2D eigenvalue weighted by Crippen LogP contribution is 2.15. The van der Waals surface area contributed by atoms with Gasteiger partial charge < -0.3 is 14.2 Å². The molecule has 362 valence electrons. The van der Waals surface area contributed by atoms with Crippen LogP contribution < -0.4 is 0 Å². The Kier molecular flexibility index (Phi) is 48.9. The first-order valence-electron chi connectivity index (χ1n) is 26.4. The van der Waals surface area contributed by atoms with Crippen LogP contribution in [0.3, 0.4) is 0 Å². The Labute approximate surface area is 389 Å². The van der Waals surface area contributed by atoms with Gasteiger partial charge in [0.25, 0.3) is 0 Å². The molecular weight excluding hydrogens is 781 g/mol. The third-order valence-corrected chi connectivity index (χ3v) is 11.2. The van der Waals surface area contributed by atoms with Gasteiger partial charge in [-0.05, 0) is 77.0 Å². The van der Waals surface area contributed by atoms with E-state index in [1.165, 1.54) is 141 Å². The highest BCUT2D eigenvalue weighted by atomic mass is 16.6. The standard InChI is InChI=1S/C57H98O6/c1-4-7-10-13-16-19-22-25-27-28-30-32-35-38-41-44-47-50-56(59)62-53-54(52-61-55(58)49-46-43-40-37-34-31-24-21-18-15-12-9-6-3)63-57(60)51-48-45-42-39-36-33-29-26-23-20-17-14-11-8-5-2/h16,19,25,27,30-32,34,38,40-41,43,54H,4-15,17-18,20-24,26,28-29,33,35-37,39,42,44-53H2,1-3H3/b19-16+,27-25+,32-30+,34-31+,41-38+,43-40+. The smallest absolute Gasteiger partial charge is 0.306 e. The summed E-state index contributed by atoms with van der Waals surface area (Å²) < 4.78 is 16.7. The summed E-state index contributed by atoms with van der Waals surface area (Å²) in [4.78, 5) is 37.9. The van der Waals surface area contributed by atoms with Crippen molar-refractivity contribution in [2.45, 2.75) is 258 Å². The molecule has 0 fully saturated rings. The molecule has 0 bridgehead atoms. The Bertz CT molecular complexity index is 1190. The SMILES string of the molecule is CCCCC/C=C/C/C=C/C/C=C/C/C=C/CCCC(=O)OCC(COC(=O)CC/C=C/C/C=C/CCCCCCCC)OC(=O)CCCCCCCCCCCCCCCCC. The van der Waals surface area contributed by atoms with E-state index in [0.29, 0.717) is 19.3 Å². The average molecular weight is 879 g/mol. The lowest BCUT2D eigenvalue weighted by Gasteiger charge is -2.18. The van der Waals surface area contributed by atoms with Crippen LogP contribution >= 0.6 is 0 Å². The average Bonchev–Trinajstić information content (AvgIpc) is 3.28. The fourth-order valence-electron chi connectivity index (χ4n) is 7.19. The van der Waals surface area contributed by atoms with Crippen molar-refractivity contribution in [3.05, 3.63) is 72.9 Å². The maximum Gasteiger partial charge on any atom is 0.306 e. The highest BCUT2D eigenvalue weighted by molar-refractivity contribution is 5.71. The van der Waals surface area contributed by atoms with E-state index in [-0.39, 0.29) is 44.0 Å². The van der Waals surface area contributed by atoms with E-state index in [4.69, 9.17) is 14.2 Å². The van der Waals surface area contributed by atoms with Crippen LogP contribution in [0.2, 0.25) is 0 Å². The molecule has 0 aliphatic rings. The summed E-state index contributed by atoms with van der Waals surface area (Å²) in [6.07, 6.45) is 64.7. The number of carbonyl (C=O) groups is 3. The van der Waals surface area contributed by atoms with E-state index < -0.39 is 6.10 Å². The second-order valence-corrected chi connectivity index (χ2v) is 17.4. The number of carbonyl (C=O) groups excluding carboxylic acids is 3. The summed E-state index contributed by atoms with van der Waals surface area (Å²) in [6, 6.07) is 0. The monoisotopic (exact) mass is 879 g/mol. The van der Waals surface area contributed by atoms with Gasteiger partial charge in [-0.15, -0.1) is 0 Å². The molecule has 0 aromatic heterocycles. The van der Waals surface area contributed by atoms with E-state index in [0.717, 1.165) is 57.8 Å². The Hall–Kier alpha value is -3.15. The van der Waals surface area contributed by atoms with Crippen LogP contribution in [-0.4, -0.2) is 37.2 Å². The molecule has 0 radical (unpaired) electrons. The second-order valence-electron chi connectivity index (χ2n) is 17.4. The van der Waals surface area contributed by atoms with Crippen molar-refractivity contribution >= 4 is 17.9 Å². The third-order valence-electron chi connectivity index (χ3n) is 11.2. The van der Waals surface area contributed by atoms with Gasteiger partial charge in [0, 0.05) is 19.3 Å². The molecule has 6 nitrogen and oxygen atoms in total. The van der Waals surface area contributed by atoms with Crippen LogP contribution in [0.5, 0.6) is 0 Å². The summed E-state index contributed by atoms with van der Waals surface area (Å²) in [5.41, 5.74) is 0. The molecule has 6 heteroatoms. The zero-order chi connectivity index (χ0) is 45.8. The minimum atomic E-state index is -0.817. The van der Waals surface area contributed by atoms with Gasteiger partial charge in [-0.25, -0.2) is 0 Å². The van der Waals surface area contributed by atoms with Crippen molar-refractivity contribution < 1.29 is 28.6 Å². The molecule has 0 spiro atoms. The summed E-state index contributed by atoms with van der Waals surface area (Å²) in [5, 5.41) is 0. The molecule has 0 amide bonds. The van der Waals surface area contributed by atoms with Crippen molar-refractivity contribution in [2.24, 2.45) is 0 Å². The number of rotatable bonds is 47. The number of hydrogen-bond acceptors (Lipinski definition) is 6. The molecule has 0 saturated carbocycles. The van der Waals surface area contributed by atoms with Crippen molar-refractivity contribution in [2.75, 3.05) is 13.2 Å². The van der Waals surface area contributed by atoms with Crippen molar-refractivity contribution in [3.63, 3.8) is 0 Å².